The predicted octanol–water partition coefficient (Wildman–Crippen LogP) is 4.17. The van der Waals surface area contributed by atoms with Crippen LogP contribution in [-0.4, -0.2) is 18.8 Å². The molecule has 1 spiro atoms. The van der Waals surface area contributed by atoms with Crippen molar-refractivity contribution in [2.75, 3.05) is 6.61 Å². The highest BCUT2D eigenvalue weighted by atomic mass is 35.5. The van der Waals surface area contributed by atoms with E-state index in [4.69, 9.17) is 16.3 Å². The lowest BCUT2D eigenvalue weighted by molar-refractivity contribution is -0.130. The van der Waals surface area contributed by atoms with E-state index in [-0.39, 0.29) is 0 Å². The van der Waals surface area contributed by atoms with Gasteiger partial charge in [0.05, 0.1) is 6.10 Å². The first-order chi connectivity index (χ1) is 9.74. The van der Waals surface area contributed by atoms with Crippen molar-refractivity contribution in [3.8, 4) is 0 Å². The van der Waals surface area contributed by atoms with Crippen molar-refractivity contribution >= 4 is 11.6 Å². The van der Waals surface area contributed by atoms with Gasteiger partial charge in [-0.2, -0.15) is 0 Å². The normalized spacial score (nSPS) is 27.7. The average molecular weight is 294 g/mol. The molecule has 0 amide bonds. The highest BCUT2D eigenvalue weighted by Gasteiger charge is 2.56. The van der Waals surface area contributed by atoms with Crippen LogP contribution in [0.3, 0.4) is 0 Å². The topological polar surface area (TPSA) is 21.3 Å². The van der Waals surface area contributed by atoms with Gasteiger partial charge in [0.15, 0.2) is 0 Å². The first kappa shape index (κ1) is 14.4. The van der Waals surface area contributed by atoms with Gasteiger partial charge in [-0.05, 0) is 43.9 Å². The minimum absolute atomic E-state index is 0.419. The van der Waals surface area contributed by atoms with Gasteiger partial charge < -0.3 is 10.1 Å². The first-order valence-electron chi connectivity index (χ1n) is 7.84. The monoisotopic (exact) mass is 293 g/mol. The maximum absolute atomic E-state index is 5.96. The Hall–Kier alpha value is -0.570. The van der Waals surface area contributed by atoms with E-state index in [0.717, 1.165) is 18.2 Å². The lowest BCUT2D eigenvalue weighted by Crippen LogP contribution is -2.62. The fraction of sp³-hybridized carbons (Fsp3) is 0.647. The van der Waals surface area contributed by atoms with Gasteiger partial charge in [0.1, 0.15) is 0 Å². The number of rotatable bonds is 5. The van der Waals surface area contributed by atoms with Crippen LogP contribution in [0, 0.1) is 5.41 Å². The molecule has 0 saturated heterocycles. The average Bonchev–Trinajstić information content (AvgIpc) is 2.96. The molecule has 0 bridgehead atoms. The smallest absolute Gasteiger partial charge is 0.0661 e. The van der Waals surface area contributed by atoms with Gasteiger partial charge in [-0.1, -0.05) is 36.6 Å². The molecular formula is C17H24ClNO. The van der Waals surface area contributed by atoms with Gasteiger partial charge in [0, 0.05) is 29.6 Å². The molecule has 2 atom stereocenters. The lowest BCUT2D eigenvalue weighted by Gasteiger charge is -2.54. The minimum Gasteiger partial charge on any atom is -0.378 e. The molecule has 0 heterocycles. The first-order valence-corrected chi connectivity index (χ1v) is 8.22. The summed E-state index contributed by atoms with van der Waals surface area (Å²) >= 11 is 5.93. The second kappa shape index (κ2) is 6.05. The van der Waals surface area contributed by atoms with E-state index >= 15 is 0 Å². The Labute approximate surface area is 126 Å². The summed E-state index contributed by atoms with van der Waals surface area (Å²) < 4.78 is 5.96. The molecule has 2 aliphatic rings. The van der Waals surface area contributed by atoms with E-state index in [2.05, 4.69) is 24.4 Å². The van der Waals surface area contributed by atoms with Crippen LogP contribution in [0.15, 0.2) is 24.3 Å². The van der Waals surface area contributed by atoms with Crippen molar-refractivity contribution in [3.63, 3.8) is 0 Å². The SMILES string of the molecule is CCOC1CC(NCc2ccc(Cl)cc2)C12CCCC2. The molecule has 2 saturated carbocycles. The van der Waals surface area contributed by atoms with Crippen molar-refractivity contribution < 1.29 is 4.74 Å². The molecule has 3 heteroatoms. The summed E-state index contributed by atoms with van der Waals surface area (Å²) in [7, 11) is 0. The molecule has 110 valence electrons. The second-order valence-electron chi connectivity index (χ2n) is 6.18. The van der Waals surface area contributed by atoms with Crippen LogP contribution in [0.5, 0.6) is 0 Å². The summed E-state index contributed by atoms with van der Waals surface area (Å²) in [5.41, 5.74) is 1.73. The van der Waals surface area contributed by atoms with Crippen molar-refractivity contribution in [2.45, 2.75) is 57.7 Å². The molecule has 2 unspecified atom stereocenters. The lowest BCUT2D eigenvalue weighted by atomic mass is 9.60. The molecule has 1 aromatic carbocycles. The summed E-state index contributed by atoms with van der Waals surface area (Å²) in [4.78, 5) is 0. The van der Waals surface area contributed by atoms with Crippen molar-refractivity contribution in [1.82, 2.24) is 5.32 Å². The third-order valence-corrected chi connectivity index (χ3v) is 5.41. The molecule has 20 heavy (non-hydrogen) atoms. The third kappa shape index (κ3) is 2.61. The van der Waals surface area contributed by atoms with E-state index in [9.17, 15) is 0 Å². The highest BCUT2D eigenvalue weighted by Crippen LogP contribution is 2.54. The summed E-state index contributed by atoms with van der Waals surface area (Å²) in [6.07, 6.45) is 7.04. The summed E-state index contributed by atoms with van der Waals surface area (Å²) in [6, 6.07) is 8.77. The summed E-state index contributed by atoms with van der Waals surface area (Å²) in [5.74, 6) is 0. The van der Waals surface area contributed by atoms with E-state index in [1.165, 1.54) is 37.7 Å². The maximum atomic E-state index is 5.96. The quantitative estimate of drug-likeness (QED) is 0.880. The van der Waals surface area contributed by atoms with Crippen LogP contribution in [0.4, 0.5) is 0 Å². The van der Waals surface area contributed by atoms with Crippen LogP contribution in [0.2, 0.25) is 5.02 Å². The Kier molecular flexibility index (Phi) is 4.34. The van der Waals surface area contributed by atoms with Gasteiger partial charge in [0.2, 0.25) is 0 Å². The molecule has 2 fully saturated rings. The largest absolute Gasteiger partial charge is 0.378 e. The standard InChI is InChI=1S/C17H24ClNO/c1-2-20-16-11-15(17(16)9-3-4-10-17)19-12-13-5-7-14(18)8-6-13/h5-8,15-16,19H,2-4,9-12H2,1H3. The van der Waals surface area contributed by atoms with Gasteiger partial charge in [-0.15, -0.1) is 0 Å². The molecule has 2 nitrogen and oxygen atoms in total. The summed E-state index contributed by atoms with van der Waals surface area (Å²) in [5, 5.41) is 4.56. The van der Waals surface area contributed by atoms with Crippen molar-refractivity contribution in [2.24, 2.45) is 5.41 Å². The molecule has 3 rings (SSSR count). The Morgan fingerprint density at radius 1 is 1.25 bits per heavy atom. The van der Waals surface area contributed by atoms with Crippen molar-refractivity contribution in [3.05, 3.63) is 34.9 Å². The van der Waals surface area contributed by atoms with Crippen LogP contribution in [0.1, 0.15) is 44.6 Å². The van der Waals surface area contributed by atoms with Gasteiger partial charge in [-0.25, -0.2) is 0 Å². The fourth-order valence-corrected chi connectivity index (χ4v) is 4.14. The van der Waals surface area contributed by atoms with Crippen LogP contribution < -0.4 is 5.32 Å². The maximum Gasteiger partial charge on any atom is 0.0661 e. The Balaban J connectivity index is 1.59. The van der Waals surface area contributed by atoms with E-state index in [1.54, 1.807) is 0 Å². The molecule has 1 aromatic rings. The van der Waals surface area contributed by atoms with E-state index in [0.29, 0.717) is 17.6 Å². The zero-order valence-corrected chi connectivity index (χ0v) is 13.0. The van der Waals surface area contributed by atoms with E-state index in [1.807, 2.05) is 12.1 Å². The summed E-state index contributed by atoms with van der Waals surface area (Å²) in [6.45, 7) is 3.88. The zero-order valence-electron chi connectivity index (χ0n) is 12.2. The Morgan fingerprint density at radius 3 is 2.60 bits per heavy atom. The number of ether oxygens (including phenoxy) is 1. The number of hydrogen-bond acceptors (Lipinski definition) is 2. The molecule has 0 aromatic heterocycles. The van der Waals surface area contributed by atoms with Gasteiger partial charge in [0.25, 0.3) is 0 Å². The van der Waals surface area contributed by atoms with Crippen LogP contribution >= 0.6 is 11.6 Å². The molecule has 0 aliphatic heterocycles. The molecule has 2 aliphatic carbocycles. The van der Waals surface area contributed by atoms with E-state index < -0.39 is 0 Å². The number of nitrogens with one attached hydrogen (secondary N) is 1. The Morgan fingerprint density at radius 2 is 1.95 bits per heavy atom. The fourth-order valence-electron chi connectivity index (χ4n) is 4.02. The highest BCUT2D eigenvalue weighted by molar-refractivity contribution is 6.30. The minimum atomic E-state index is 0.419. The predicted molar refractivity (Wildman–Crippen MR) is 83.0 cm³/mol. The number of benzene rings is 1. The Bertz CT molecular complexity index is 439. The molecule has 0 radical (unpaired) electrons. The number of halogens is 1. The van der Waals surface area contributed by atoms with Crippen molar-refractivity contribution in [1.29, 1.82) is 0 Å². The van der Waals surface area contributed by atoms with Gasteiger partial charge >= 0.3 is 0 Å². The number of hydrogen-bond donors (Lipinski definition) is 1. The zero-order chi connectivity index (χ0) is 14.0. The van der Waals surface area contributed by atoms with Crippen LogP contribution in [0.25, 0.3) is 0 Å². The second-order valence-corrected chi connectivity index (χ2v) is 6.62. The molecule has 1 N–H and O–H groups in total. The van der Waals surface area contributed by atoms with Crippen LogP contribution in [-0.2, 0) is 11.3 Å². The third-order valence-electron chi connectivity index (χ3n) is 5.15. The molecular weight excluding hydrogens is 270 g/mol. The van der Waals surface area contributed by atoms with Gasteiger partial charge in [-0.3, -0.25) is 0 Å².